The molecule has 0 fully saturated rings. The van der Waals surface area contributed by atoms with Gasteiger partial charge in [0, 0.05) is 38.4 Å². The SMILES string of the molecule is COCCn1cnnc1C(C)NC(=O)CCn1c(C)cccc1=O. The Labute approximate surface area is 140 Å². The van der Waals surface area contributed by atoms with E-state index >= 15 is 0 Å². The Kier molecular flexibility index (Phi) is 6.25. The van der Waals surface area contributed by atoms with Crippen LogP contribution >= 0.6 is 0 Å². The predicted octanol–water partition coefficient (Wildman–Crippen LogP) is 0.662. The standard InChI is InChI=1S/C16H23N5O3/c1-12-5-4-6-15(23)21(12)8-7-14(22)18-13(2)16-19-17-11-20(16)9-10-24-3/h4-6,11,13H,7-10H2,1-3H3,(H,18,22). The zero-order chi connectivity index (χ0) is 17.5. The number of ether oxygens (including phenoxy) is 1. The van der Waals surface area contributed by atoms with Crippen LogP contribution in [0.15, 0.2) is 29.3 Å². The summed E-state index contributed by atoms with van der Waals surface area (Å²) < 4.78 is 8.48. The van der Waals surface area contributed by atoms with E-state index in [4.69, 9.17) is 4.74 Å². The second-order valence-corrected chi connectivity index (χ2v) is 5.57. The molecule has 24 heavy (non-hydrogen) atoms. The summed E-state index contributed by atoms with van der Waals surface area (Å²) in [5, 5.41) is 10.8. The minimum absolute atomic E-state index is 0.102. The molecule has 1 unspecified atom stereocenters. The lowest BCUT2D eigenvalue weighted by Crippen LogP contribution is -2.31. The van der Waals surface area contributed by atoms with Gasteiger partial charge in [-0.3, -0.25) is 9.59 Å². The number of hydrogen-bond acceptors (Lipinski definition) is 5. The molecule has 2 heterocycles. The summed E-state index contributed by atoms with van der Waals surface area (Å²) in [6, 6.07) is 4.78. The van der Waals surface area contributed by atoms with Crippen molar-refractivity contribution >= 4 is 5.91 Å². The molecule has 8 nitrogen and oxygen atoms in total. The first-order valence-corrected chi connectivity index (χ1v) is 7.85. The molecule has 2 rings (SSSR count). The first-order chi connectivity index (χ1) is 11.5. The summed E-state index contributed by atoms with van der Waals surface area (Å²) in [4.78, 5) is 24.0. The topological polar surface area (TPSA) is 91.0 Å². The van der Waals surface area contributed by atoms with E-state index in [2.05, 4.69) is 15.5 Å². The van der Waals surface area contributed by atoms with Crippen molar-refractivity contribution in [3.05, 3.63) is 46.4 Å². The molecule has 0 saturated heterocycles. The number of hydrogen-bond donors (Lipinski definition) is 1. The Morgan fingerprint density at radius 1 is 1.38 bits per heavy atom. The van der Waals surface area contributed by atoms with Gasteiger partial charge in [0.2, 0.25) is 5.91 Å². The number of pyridine rings is 1. The molecule has 0 bridgehead atoms. The Balaban J connectivity index is 1.92. The van der Waals surface area contributed by atoms with Gasteiger partial charge in [-0.15, -0.1) is 10.2 Å². The molecule has 8 heteroatoms. The van der Waals surface area contributed by atoms with Crippen LogP contribution in [0.2, 0.25) is 0 Å². The van der Waals surface area contributed by atoms with Gasteiger partial charge in [-0.05, 0) is 19.9 Å². The molecular weight excluding hydrogens is 310 g/mol. The molecule has 1 amide bonds. The lowest BCUT2D eigenvalue weighted by Gasteiger charge is -2.15. The third-order valence-corrected chi connectivity index (χ3v) is 3.78. The van der Waals surface area contributed by atoms with Crippen LogP contribution in [0.25, 0.3) is 0 Å². The highest BCUT2D eigenvalue weighted by atomic mass is 16.5. The number of nitrogens with zero attached hydrogens (tertiary/aromatic N) is 4. The van der Waals surface area contributed by atoms with E-state index in [9.17, 15) is 9.59 Å². The van der Waals surface area contributed by atoms with Gasteiger partial charge in [0.05, 0.1) is 12.6 Å². The zero-order valence-electron chi connectivity index (χ0n) is 14.2. The van der Waals surface area contributed by atoms with Crippen LogP contribution in [-0.4, -0.2) is 39.0 Å². The van der Waals surface area contributed by atoms with Crippen LogP contribution in [0, 0.1) is 6.92 Å². The first-order valence-electron chi connectivity index (χ1n) is 7.85. The molecule has 0 aliphatic heterocycles. The molecule has 0 saturated carbocycles. The van der Waals surface area contributed by atoms with Gasteiger partial charge in [0.15, 0.2) is 5.82 Å². The van der Waals surface area contributed by atoms with Gasteiger partial charge in [-0.25, -0.2) is 0 Å². The van der Waals surface area contributed by atoms with Gasteiger partial charge in [-0.2, -0.15) is 0 Å². The number of nitrogens with one attached hydrogen (secondary N) is 1. The van der Waals surface area contributed by atoms with Crippen molar-refractivity contribution in [1.82, 2.24) is 24.6 Å². The van der Waals surface area contributed by atoms with Crippen molar-refractivity contribution in [3.8, 4) is 0 Å². The fourth-order valence-corrected chi connectivity index (χ4v) is 2.46. The fourth-order valence-electron chi connectivity index (χ4n) is 2.46. The second-order valence-electron chi connectivity index (χ2n) is 5.57. The van der Waals surface area contributed by atoms with Crippen LogP contribution in [0.4, 0.5) is 0 Å². The number of methoxy groups -OCH3 is 1. The van der Waals surface area contributed by atoms with E-state index in [0.29, 0.717) is 25.5 Å². The average molecular weight is 333 g/mol. The van der Waals surface area contributed by atoms with E-state index in [-0.39, 0.29) is 23.9 Å². The van der Waals surface area contributed by atoms with Crippen LogP contribution < -0.4 is 10.9 Å². The molecule has 1 N–H and O–H groups in total. The van der Waals surface area contributed by atoms with Crippen LogP contribution in [0.3, 0.4) is 0 Å². The number of amides is 1. The highest BCUT2D eigenvalue weighted by Crippen LogP contribution is 2.09. The Morgan fingerprint density at radius 2 is 2.17 bits per heavy atom. The zero-order valence-corrected chi connectivity index (χ0v) is 14.2. The van der Waals surface area contributed by atoms with E-state index < -0.39 is 0 Å². The van der Waals surface area contributed by atoms with Gasteiger partial charge >= 0.3 is 0 Å². The van der Waals surface area contributed by atoms with Crippen molar-refractivity contribution < 1.29 is 9.53 Å². The number of aryl methyl sites for hydroxylation is 1. The number of aromatic nitrogens is 4. The van der Waals surface area contributed by atoms with Crippen LogP contribution in [0.5, 0.6) is 0 Å². The van der Waals surface area contributed by atoms with Crippen molar-refractivity contribution in [2.24, 2.45) is 0 Å². The summed E-state index contributed by atoms with van der Waals surface area (Å²) in [7, 11) is 1.63. The molecule has 1 atom stereocenters. The van der Waals surface area contributed by atoms with Crippen molar-refractivity contribution in [2.45, 2.75) is 39.4 Å². The van der Waals surface area contributed by atoms with E-state index in [1.54, 1.807) is 24.1 Å². The minimum Gasteiger partial charge on any atom is -0.383 e. The quantitative estimate of drug-likeness (QED) is 0.766. The smallest absolute Gasteiger partial charge is 0.250 e. The molecule has 0 aromatic carbocycles. The maximum absolute atomic E-state index is 12.2. The summed E-state index contributed by atoms with van der Waals surface area (Å²) in [6.07, 6.45) is 1.84. The van der Waals surface area contributed by atoms with Gasteiger partial charge in [0.1, 0.15) is 6.33 Å². The van der Waals surface area contributed by atoms with E-state index in [0.717, 1.165) is 5.69 Å². The van der Waals surface area contributed by atoms with Crippen LogP contribution in [-0.2, 0) is 22.6 Å². The van der Waals surface area contributed by atoms with Crippen molar-refractivity contribution in [3.63, 3.8) is 0 Å². The van der Waals surface area contributed by atoms with Gasteiger partial charge < -0.3 is 19.2 Å². The molecule has 0 aliphatic rings. The average Bonchev–Trinajstić information content (AvgIpc) is 3.01. The normalized spacial score (nSPS) is 12.1. The van der Waals surface area contributed by atoms with Crippen molar-refractivity contribution in [1.29, 1.82) is 0 Å². The Morgan fingerprint density at radius 3 is 2.88 bits per heavy atom. The third kappa shape index (κ3) is 4.51. The van der Waals surface area contributed by atoms with Crippen LogP contribution in [0.1, 0.15) is 30.9 Å². The third-order valence-electron chi connectivity index (χ3n) is 3.78. The fraction of sp³-hybridized carbons (Fsp3) is 0.500. The highest BCUT2D eigenvalue weighted by Gasteiger charge is 2.15. The largest absolute Gasteiger partial charge is 0.383 e. The molecule has 0 radical (unpaired) electrons. The molecule has 0 spiro atoms. The molecule has 2 aromatic rings. The number of carbonyl (C=O) groups is 1. The second kappa shape index (κ2) is 8.39. The highest BCUT2D eigenvalue weighted by molar-refractivity contribution is 5.76. The van der Waals surface area contributed by atoms with E-state index in [1.165, 1.54) is 6.07 Å². The summed E-state index contributed by atoms with van der Waals surface area (Å²) >= 11 is 0. The maximum Gasteiger partial charge on any atom is 0.250 e. The lowest BCUT2D eigenvalue weighted by atomic mass is 10.2. The van der Waals surface area contributed by atoms with Crippen molar-refractivity contribution in [2.75, 3.05) is 13.7 Å². The molecular formula is C16H23N5O3. The molecule has 130 valence electrons. The Bertz CT molecular complexity index is 737. The summed E-state index contributed by atoms with van der Waals surface area (Å²) in [6.45, 7) is 5.21. The maximum atomic E-state index is 12.2. The first kappa shape index (κ1) is 17.9. The van der Waals surface area contributed by atoms with E-state index in [1.807, 2.05) is 24.5 Å². The predicted molar refractivity (Wildman–Crippen MR) is 88.5 cm³/mol. The monoisotopic (exact) mass is 333 g/mol. The lowest BCUT2D eigenvalue weighted by molar-refractivity contribution is -0.122. The van der Waals surface area contributed by atoms with Gasteiger partial charge in [-0.1, -0.05) is 6.07 Å². The summed E-state index contributed by atoms with van der Waals surface area (Å²) in [5.41, 5.74) is 0.734. The number of carbonyl (C=O) groups excluding carboxylic acids is 1. The summed E-state index contributed by atoms with van der Waals surface area (Å²) in [5.74, 6) is 0.535. The molecule has 2 aromatic heterocycles. The number of rotatable bonds is 8. The van der Waals surface area contributed by atoms with Gasteiger partial charge in [0.25, 0.3) is 5.56 Å². The minimum atomic E-state index is -0.273. The Hall–Kier alpha value is -2.48. The molecule has 0 aliphatic carbocycles.